The molecule has 1 aromatic rings. The summed E-state index contributed by atoms with van der Waals surface area (Å²) in [7, 11) is 0. The first-order valence-electron chi connectivity index (χ1n) is 5.72. The van der Waals surface area contributed by atoms with Crippen LogP contribution >= 0.6 is 31.9 Å². The van der Waals surface area contributed by atoms with E-state index in [1.807, 2.05) is 18.2 Å². The lowest BCUT2D eigenvalue weighted by atomic mass is 10.0. The average Bonchev–Trinajstić information content (AvgIpc) is 2.34. The van der Waals surface area contributed by atoms with Crippen LogP contribution < -0.4 is 5.73 Å². The SMILES string of the molecule is Nc1c(Br)cc(Br)cc1C=NC1=CC[C@@H](O)CC1. The summed E-state index contributed by atoms with van der Waals surface area (Å²) >= 11 is 6.83. The summed E-state index contributed by atoms with van der Waals surface area (Å²) in [5, 5.41) is 9.40. The monoisotopic (exact) mass is 372 g/mol. The number of hydrogen-bond donors (Lipinski definition) is 2. The molecule has 0 spiro atoms. The van der Waals surface area contributed by atoms with Crippen LogP contribution in [0.1, 0.15) is 24.8 Å². The first-order valence-corrected chi connectivity index (χ1v) is 7.30. The average molecular weight is 374 g/mol. The Balaban J connectivity index is 2.19. The fourth-order valence-electron chi connectivity index (χ4n) is 1.79. The minimum Gasteiger partial charge on any atom is -0.397 e. The van der Waals surface area contributed by atoms with Gasteiger partial charge < -0.3 is 10.8 Å². The van der Waals surface area contributed by atoms with Gasteiger partial charge in [-0.05, 0) is 47.3 Å². The van der Waals surface area contributed by atoms with E-state index in [-0.39, 0.29) is 6.10 Å². The molecule has 1 atom stereocenters. The highest BCUT2D eigenvalue weighted by atomic mass is 79.9. The highest BCUT2D eigenvalue weighted by molar-refractivity contribution is 9.11. The van der Waals surface area contributed by atoms with E-state index in [2.05, 4.69) is 36.9 Å². The van der Waals surface area contributed by atoms with Crippen molar-refractivity contribution in [3.05, 3.63) is 38.4 Å². The standard InChI is InChI=1S/C13H14Br2N2O/c14-9-5-8(13(16)12(15)6-9)7-17-10-1-3-11(18)4-2-10/h1,5-7,11,18H,2-4,16H2/t11-/m1/s1. The predicted molar refractivity (Wildman–Crippen MR) is 81.8 cm³/mol. The molecule has 1 aliphatic rings. The van der Waals surface area contributed by atoms with Crippen LogP contribution in [0.2, 0.25) is 0 Å². The number of aliphatic hydroxyl groups is 1. The topological polar surface area (TPSA) is 58.6 Å². The number of nitrogens with two attached hydrogens (primary N) is 1. The van der Waals surface area contributed by atoms with Crippen molar-refractivity contribution in [2.45, 2.75) is 25.4 Å². The molecule has 1 aliphatic carbocycles. The summed E-state index contributed by atoms with van der Waals surface area (Å²) in [5.41, 5.74) is 8.54. The third-order valence-electron chi connectivity index (χ3n) is 2.86. The van der Waals surface area contributed by atoms with Crippen LogP contribution in [0.4, 0.5) is 5.69 Å². The summed E-state index contributed by atoms with van der Waals surface area (Å²) in [4.78, 5) is 4.43. The molecule has 1 aromatic carbocycles. The number of aliphatic imine (C=N–C) groups is 1. The van der Waals surface area contributed by atoms with E-state index in [1.165, 1.54) is 0 Å². The van der Waals surface area contributed by atoms with Crippen LogP contribution in [0.5, 0.6) is 0 Å². The van der Waals surface area contributed by atoms with Crippen molar-refractivity contribution in [3.63, 3.8) is 0 Å². The summed E-state index contributed by atoms with van der Waals surface area (Å²) < 4.78 is 1.81. The second-order valence-corrected chi connectivity index (χ2v) is 6.04. The lowest BCUT2D eigenvalue weighted by molar-refractivity contribution is 0.162. The van der Waals surface area contributed by atoms with Gasteiger partial charge in [0.05, 0.1) is 11.8 Å². The van der Waals surface area contributed by atoms with Crippen LogP contribution in [0, 0.1) is 0 Å². The quantitative estimate of drug-likeness (QED) is 0.614. The van der Waals surface area contributed by atoms with Crippen molar-refractivity contribution >= 4 is 43.8 Å². The van der Waals surface area contributed by atoms with E-state index < -0.39 is 0 Å². The number of halogens is 2. The molecule has 2 rings (SSSR count). The summed E-state index contributed by atoms with van der Waals surface area (Å²) in [6, 6.07) is 3.84. The zero-order valence-corrected chi connectivity index (χ0v) is 12.9. The van der Waals surface area contributed by atoms with E-state index in [9.17, 15) is 5.11 Å². The van der Waals surface area contributed by atoms with Gasteiger partial charge in [0.2, 0.25) is 0 Å². The smallest absolute Gasteiger partial charge is 0.0579 e. The maximum Gasteiger partial charge on any atom is 0.0579 e. The summed E-state index contributed by atoms with van der Waals surface area (Å²) in [6.07, 6.45) is 5.81. The fourth-order valence-corrected chi connectivity index (χ4v) is 3.05. The lowest BCUT2D eigenvalue weighted by Gasteiger charge is -2.14. The minimum absolute atomic E-state index is 0.214. The predicted octanol–water partition coefficient (Wildman–Crippen LogP) is 3.64. The fraction of sp³-hybridized carbons (Fsp3) is 0.308. The number of hydrogen-bond acceptors (Lipinski definition) is 3. The van der Waals surface area contributed by atoms with Gasteiger partial charge in [-0.25, -0.2) is 0 Å². The number of allylic oxidation sites excluding steroid dienone is 1. The van der Waals surface area contributed by atoms with E-state index >= 15 is 0 Å². The van der Waals surface area contributed by atoms with Gasteiger partial charge in [-0.2, -0.15) is 0 Å². The van der Waals surface area contributed by atoms with E-state index in [4.69, 9.17) is 5.73 Å². The lowest BCUT2D eigenvalue weighted by Crippen LogP contribution is -2.09. The minimum atomic E-state index is -0.214. The number of rotatable bonds is 2. The molecular formula is C13H14Br2N2O. The molecule has 0 aliphatic heterocycles. The van der Waals surface area contributed by atoms with E-state index in [0.29, 0.717) is 12.1 Å². The molecule has 3 nitrogen and oxygen atoms in total. The summed E-state index contributed by atoms with van der Waals surface area (Å²) in [6.45, 7) is 0. The molecule has 3 N–H and O–H groups in total. The molecule has 0 unspecified atom stereocenters. The number of aliphatic hydroxyl groups excluding tert-OH is 1. The molecule has 18 heavy (non-hydrogen) atoms. The van der Waals surface area contributed by atoms with E-state index in [0.717, 1.165) is 33.0 Å². The Hall–Kier alpha value is -0.650. The van der Waals surface area contributed by atoms with Crippen molar-refractivity contribution in [3.8, 4) is 0 Å². The Labute approximate surface area is 123 Å². The van der Waals surface area contributed by atoms with Crippen molar-refractivity contribution in [2.24, 2.45) is 4.99 Å². The number of nitrogen functional groups attached to an aromatic ring is 1. The molecule has 0 fully saturated rings. The van der Waals surface area contributed by atoms with Crippen LogP contribution in [-0.2, 0) is 0 Å². The third-order valence-corrected chi connectivity index (χ3v) is 3.97. The van der Waals surface area contributed by atoms with Gasteiger partial charge in [0.25, 0.3) is 0 Å². The number of nitrogens with zero attached hydrogens (tertiary/aromatic N) is 1. The molecule has 0 saturated heterocycles. The highest BCUT2D eigenvalue weighted by Crippen LogP contribution is 2.27. The molecule has 0 amide bonds. The molecule has 96 valence electrons. The second kappa shape index (κ2) is 5.99. The zero-order valence-electron chi connectivity index (χ0n) is 9.74. The van der Waals surface area contributed by atoms with E-state index in [1.54, 1.807) is 6.21 Å². The van der Waals surface area contributed by atoms with Gasteiger partial charge in [0.1, 0.15) is 0 Å². The van der Waals surface area contributed by atoms with Gasteiger partial charge in [-0.15, -0.1) is 0 Å². The number of benzene rings is 1. The summed E-state index contributed by atoms with van der Waals surface area (Å²) in [5.74, 6) is 0. The maximum atomic E-state index is 9.40. The van der Waals surface area contributed by atoms with Gasteiger partial charge in [-0.1, -0.05) is 22.0 Å². The van der Waals surface area contributed by atoms with Crippen molar-refractivity contribution in [1.82, 2.24) is 0 Å². The highest BCUT2D eigenvalue weighted by Gasteiger charge is 2.10. The van der Waals surface area contributed by atoms with Crippen LogP contribution in [0.15, 0.2) is 37.8 Å². The van der Waals surface area contributed by atoms with Crippen LogP contribution in [-0.4, -0.2) is 17.4 Å². The Morgan fingerprint density at radius 2 is 2.17 bits per heavy atom. The van der Waals surface area contributed by atoms with Gasteiger partial charge >= 0.3 is 0 Å². The Kier molecular flexibility index (Phi) is 4.59. The second-order valence-electron chi connectivity index (χ2n) is 4.27. The zero-order chi connectivity index (χ0) is 13.1. The van der Waals surface area contributed by atoms with Crippen molar-refractivity contribution in [1.29, 1.82) is 0 Å². The van der Waals surface area contributed by atoms with Crippen molar-refractivity contribution in [2.75, 3.05) is 5.73 Å². The Bertz CT molecular complexity index is 512. The Morgan fingerprint density at radius 1 is 1.39 bits per heavy atom. The first-order chi connectivity index (χ1) is 8.56. The Morgan fingerprint density at radius 3 is 2.83 bits per heavy atom. The largest absolute Gasteiger partial charge is 0.397 e. The molecule has 0 radical (unpaired) electrons. The van der Waals surface area contributed by atoms with Gasteiger partial charge in [0.15, 0.2) is 0 Å². The van der Waals surface area contributed by atoms with Gasteiger partial charge in [-0.3, -0.25) is 4.99 Å². The molecule has 0 heterocycles. The number of anilines is 1. The van der Waals surface area contributed by atoms with Gasteiger partial charge in [0, 0.05) is 26.4 Å². The maximum absolute atomic E-state index is 9.40. The normalized spacial score (nSPS) is 20.2. The van der Waals surface area contributed by atoms with Crippen LogP contribution in [0.3, 0.4) is 0 Å². The molecular weight excluding hydrogens is 360 g/mol. The molecule has 0 aromatic heterocycles. The van der Waals surface area contributed by atoms with Crippen LogP contribution in [0.25, 0.3) is 0 Å². The van der Waals surface area contributed by atoms with Crippen molar-refractivity contribution < 1.29 is 5.11 Å². The molecule has 5 heteroatoms. The molecule has 0 bridgehead atoms. The first kappa shape index (κ1) is 13.8. The molecule has 0 saturated carbocycles. The third kappa shape index (κ3) is 3.43.